The van der Waals surface area contributed by atoms with E-state index in [2.05, 4.69) is 22.5 Å². The molecule has 0 saturated carbocycles. The Morgan fingerprint density at radius 3 is 3.00 bits per heavy atom. The van der Waals surface area contributed by atoms with Crippen LogP contribution in [0.5, 0.6) is 0 Å². The topological polar surface area (TPSA) is 63.2 Å². The summed E-state index contributed by atoms with van der Waals surface area (Å²) in [5.74, 6) is -0.135. The zero-order valence-corrected chi connectivity index (χ0v) is 11.5. The first kappa shape index (κ1) is 14.0. The molecule has 1 amide bonds. The molecule has 2 N–H and O–H groups in total. The average molecular weight is 263 g/mol. The van der Waals surface area contributed by atoms with Crippen LogP contribution >= 0.6 is 0 Å². The number of carbonyl (C=O) groups is 1. The van der Waals surface area contributed by atoms with E-state index in [9.17, 15) is 4.79 Å². The lowest BCUT2D eigenvalue weighted by molar-refractivity contribution is -0.120. The largest absolute Gasteiger partial charge is 0.379 e. The van der Waals surface area contributed by atoms with Gasteiger partial charge in [-0.2, -0.15) is 0 Å². The van der Waals surface area contributed by atoms with Crippen LogP contribution in [-0.4, -0.2) is 36.7 Å². The van der Waals surface area contributed by atoms with Gasteiger partial charge in [0.2, 0.25) is 5.91 Å². The number of pyridine rings is 1. The van der Waals surface area contributed by atoms with E-state index in [0.29, 0.717) is 13.2 Å². The summed E-state index contributed by atoms with van der Waals surface area (Å²) in [5.41, 5.74) is 1.67. The normalized spacial score (nSPS) is 22.4. The number of ether oxygens (including phenoxy) is 1. The molecular formula is C14H21N3O2. The minimum absolute atomic E-state index is 0.00300. The van der Waals surface area contributed by atoms with Gasteiger partial charge >= 0.3 is 0 Å². The second-order valence-corrected chi connectivity index (χ2v) is 4.88. The Labute approximate surface area is 113 Å². The molecule has 1 aliphatic rings. The summed E-state index contributed by atoms with van der Waals surface area (Å²) in [4.78, 5) is 16.4. The van der Waals surface area contributed by atoms with Gasteiger partial charge in [0.15, 0.2) is 0 Å². The van der Waals surface area contributed by atoms with Crippen molar-refractivity contribution in [2.45, 2.75) is 26.3 Å². The first-order chi connectivity index (χ1) is 9.20. The maximum absolute atomic E-state index is 12.2. The highest BCUT2D eigenvalue weighted by Crippen LogP contribution is 2.16. The minimum Gasteiger partial charge on any atom is -0.379 e. The van der Waals surface area contributed by atoms with E-state index in [1.165, 1.54) is 0 Å². The third kappa shape index (κ3) is 3.75. The van der Waals surface area contributed by atoms with Gasteiger partial charge in [-0.1, -0.05) is 6.92 Å². The molecule has 1 fully saturated rings. The van der Waals surface area contributed by atoms with Crippen LogP contribution in [0.2, 0.25) is 0 Å². The van der Waals surface area contributed by atoms with Crippen LogP contribution in [0, 0.1) is 12.8 Å². The molecule has 2 unspecified atom stereocenters. The Hall–Kier alpha value is -1.46. The lowest BCUT2D eigenvalue weighted by Crippen LogP contribution is -2.41. The van der Waals surface area contributed by atoms with Crippen LogP contribution in [0.25, 0.3) is 0 Å². The van der Waals surface area contributed by atoms with Crippen LogP contribution in [0.1, 0.15) is 19.0 Å². The number of anilines is 1. The highest BCUT2D eigenvalue weighted by Gasteiger charge is 2.33. The molecule has 1 saturated heterocycles. The summed E-state index contributed by atoms with van der Waals surface area (Å²) in [5, 5.41) is 6.25. The quantitative estimate of drug-likeness (QED) is 0.841. The predicted molar refractivity (Wildman–Crippen MR) is 74.0 cm³/mol. The highest BCUT2D eigenvalue weighted by molar-refractivity contribution is 5.93. The van der Waals surface area contributed by atoms with Gasteiger partial charge in [0, 0.05) is 11.7 Å². The van der Waals surface area contributed by atoms with Crippen LogP contribution < -0.4 is 10.6 Å². The fourth-order valence-corrected chi connectivity index (χ4v) is 2.12. The van der Waals surface area contributed by atoms with Crippen LogP contribution in [0.4, 0.5) is 5.69 Å². The summed E-state index contributed by atoms with van der Waals surface area (Å²) in [6.45, 7) is 6.01. The van der Waals surface area contributed by atoms with Crippen molar-refractivity contribution in [1.82, 2.24) is 10.3 Å². The molecule has 19 heavy (non-hydrogen) atoms. The number of aromatic nitrogens is 1. The number of nitrogens with zero attached hydrogens (tertiary/aromatic N) is 1. The maximum atomic E-state index is 12.2. The number of rotatable bonds is 5. The number of nitrogens with one attached hydrogen (secondary N) is 2. The molecule has 0 bridgehead atoms. The number of aryl methyl sites for hydroxylation is 1. The van der Waals surface area contributed by atoms with E-state index in [4.69, 9.17) is 4.74 Å². The molecule has 2 atom stereocenters. The highest BCUT2D eigenvalue weighted by atomic mass is 16.5. The van der Waals surface area contributed by atoms with Gasteiger partial charge in [-0.15, -0.1) is 0 Å². The van der Waals surface area contributed by atoms with E-state index >= 15 is 0 Å². The molecule has 0 spiro atoms. The van der Waals surface area contributed by atoms with Crippen molar-refractivity contribution in [2.75, 3.05) is 25.1 Å². The second kappa shape index (κ2) is 6.63. The molecule has 1 aromatic rings. The summed E-state index contributed by atoms with van der Waals surface area (Å²) in [6.07, 6.45) is 2.73. The molecule has 1 aromatic heterocycles. The van der Waals surface area contributed by atoms with Crippen LogP contribution in [0.3, 0.4) is 0 Å². The number of hydrogen-bond donors (Lipinski definition) is 2. The molecule has 5 nitrogen and oxygen atoms in total. The van der Waals surface area contributed by atoms with Gasteiger partial charge in [-0.25, -0.2) is 0 Å². The molecule has 5 heteroatoms. The fraction of sp³-hybridized carbons (Fsp3) is 0.571. The minimum atomic E-state index is -0.132. The zero-order valence-electron chi connectivity index (χ0n) is 11.5. The third-order valence-corrected chi connectivity index (χ3v) is 3.25. The van der Waals surface area contributed by atoms with Crippen LogP contribution in [0.15, 0.2) is 18.3 Å². The van der Waals surface area contributed by atoms with Gasteiger partial charge in [-0.3, -0.25) is 9.78 Å². The summed E-state index contributed by atoms with van der Waals surface area (Å²) in [6, 6.07) is 3.86. The van der Waals surface area contributed by atoms with E-state index in [-0.39, 0.29) is 17.9 Å². The van der Waals surface area contributed by atoms with Gasteiger partial charge in [-0.05, 0) is 32.0 Å². The standard InChI is InChI=1S/C14H21N3O2/c1-3-6-15-13-9-19-8-12(13)14(18)17-11-5-4-10(2)16-7-11/h4-5,7,12-13,15H,3,6,8-9H2,1-2H3,(H,17,18). The lowest BCUT2D eigenvalue weighted by Gasteiger charge is -2.18. The Bertz CT molecular complexity index is 419. The first-order valence-corrected chi connectivity index (χ1v) is 6.75. The van der Waals surface area contributed by atoms with Crippen molar-refractivity contribution in [2.24, 2.45) is 5.92 Å². The maximum Gasteiger partial charge on any atom is 0.231 e. The second-order valence-electron chi connectivity index (χ2n) is 4.88. The van der Waals surface area contributed by atoms with Gasteiger partial charge in [0.1, 0.15) is 0 Å². The fourth-order valence-electron chi connectivity index (χ4n) is 2.12. The van der Waals surface area contributed by atoms with Crippen molar-refractivity contribution in [1.29, 1.82) is 0 Å². The SMILES string of the molecule is CCCNC1COCC1C(=O)Nc1ccc(C)nc1. The van der Waals surface area contributed by atoms with Gasteiger partial charge < -0.3 is 15.4 Å². The lowest BCUT2D eigenvalue weighted by atomic mass is 10.0. The van der Waals surface area contributed by atoms with E-state index < -0.39 is 0 Å². The molecule has 0 aliphatic carbocycles. The van der Waals surface area contributed by atoms with Crippen molar-refractivity contribution >= 4 is 11.6 Å². The van der Waals surface area contributed by atoms with Crippen molar-refractivity contribution in [3.63, 3.8) is 0 Å². The molecule has 104 valence electrons. The van der Waals surface area contributed by atoms with Crippen molar-refractivity contribution in [3.05, 3.63) is 24.0 Å². The molecular weight excluding hydrogens is 242 g/mol. The zero-order chi connectivity index (χ0) is 13.7. The Morgan fingerprint density at radius 1 is 1.47 bits per heavy atom. The first-order valence-electron chi connectivity index (χ1n) is 6.75. The van der Waals surface area contributed by atoms with E-state index in [1.54, 1.807) is 6.20 Å². The Morgan fingerprint density at radius 2 is 2.32 bits per heavy atom. The van der Waals surface area contributed by atoms with Crippen molar-refractivity contribution < 1.29 is 9.53 Å². The molecule has 2 rings (SSSR count). The number of carbonyl (C=O) groups excluding carboxylic acids is 1. The van der Waals surface area contributed by atoms with Crippen molar-refractivity contribution in [3.8, 4) is 0 Å². The smallest absolute Gasteiger partial charge is 0.231 e. The number of amides is 1. The molecule has 2 heterocycles. The summed E-state index contributed by atoms with van der Waals surface area (Å²) < 4.78 is 5.41. The van der Waals surface area contributed by atoms with E-state index in [1.807, 2.05) is 19.1 Å². The monoisotopic (exact) mass is 263 g/mol. The average Bonchev–Trinajstić information content (AvgIpc) is 2.87. The third-order valence-electron chi connectivity index (χ3n) is 3.25. The van der Waals surface area contributed by atoms with Crippen LogP contribution in [-0.2, 0) is 9.53 Å². The van der Waals surface area contributed by atoms with Gasteiger partial charge in [0.05, 0.1) is 31.0 Å². The Kier molecular flexibility index (Phi) is 4.87. The molecule has 0 aromatic carbocycles. The summed E-state index contributed by atoms with van der Waals surface area (Å²) in [7, 11) is 0. The molecule has 0 radical (unpaired) electrons. The molecule has 1 aliphatic heterocycles. The number of hydrogen-bond acceptors (Lipinski definition) is 4. The Balaban J connectivity index is 1.93. The predicted octanol–water partition coefficient (Wildman–Crippen LogP) is 1.34. The summed E-state index contributed by atoms with van der Waals surface area (Å²) >= 11 is 0. The van der Waals surface area contributed by atoms with E-state index in [0.717, 1.165) is 24.3 Å². The van der Waals surface area contributed by atoms with Gasteiger partial charge in [0.25, 0.3) is 0 Å².